The van der Waals surface area contributed by atoms with E-state index in [4.69, 9.17) is 4.74 Å². The van der Waals surface area contributed by atoms with Gasteiger partial charge >= 0.3 is 12.6 Å². The fourth-order valence-electron chi connectivity index (χ4n) is 2.53. The standard InChI is InChI=1S/C16H19F2NO5/c17-15(18)24-12-3-1-11(2-4-12)9-13(20)19-10-16(14(21)22)5-7-23-8-6-16/h1-4,15H,5-10H2,(H,19,20)(H,21,22). The van der Waals surface area contributed by atoms with Gasteiger partial charge in [-0.05, 0) is 30.5 Å². The molecule has 1 aromatic carbocycles. The van der Waals surface area contributed by atoms with Crippen LogP contribution in [0.4, 0.5) is 8.78 Å². The summed E-state index contributed by atoms with van der Waals surface area (Å²) in [6.07, 6.45) is 0.728. The highest BCUT2D eigenvalue weighted by atomic mass is 19.3. The first-order valence-electron chi connectivity index (χ1n) is 7.53. The van der Waals surface area contributed by atoms with Crippen LogP contribution >= 0.6 is 0 Å². The van der Waals surface area contributed by atoms with Gasteiger partial charge in [-0.15, -0.1) is 0 Å². The number of carbonyl (C=O) groups excluding carboxylic acids is 1. The number of ether oxygens (including phenoxy) is 2. The minimum atomic E-state index is -2.90. The second-order valence-corrected chi connectivity index (χ2v) is 5.67. The van der Waals surface area contributed by atoms with Gasteiger partial charge < -0.3 is 19.9 Å². The predicted octanol–water partition coefficient (Wildman–Crippen LogP) is 1.83. The average Bonchev–Trinajstić information content (AvgIpc) is 2.55. The lowest BCUT2D eigenvalue weighted by molar-refractivity contribution is -0.154. The van der Waals surface area contributed by atoms with Crippen LogP contribution in [0.15, 0.2) is 24.3 Å². The van der Waals surface area contributed by atoms with Crippen molar-refractivity contribution in [2.45, 2.75) is 25.9 Å². The third kappa shape index (κ3) is 4.89. The van der Waals surface area contributed by atoms with Crippen molar-refractivity contribution in [2.24, 2.45) is 5.41 Å². The Morgan fingerprint density at radius 1 is 1.25 bits per heavy atom. The number of rotatable bonds is 7. The first-order valence-corrected chi connectivity index (χ1v) is 7.53. The maximum absolute atomic E-state index is 12.1. The minimum Gasteiger partial charge on any atom is -0.481 e. The zero-order valence-electron chi connectivity index (χ0n) is 13.0. The molecule has 1 aromatic rings. The van der Waals surface area contributed by atoms with Crippen LogP contribution in [0, 0.1) is 5.41 Å². The van der Waals surface area contributed by atoms with Crippen LogP contribution in [0.25, 0.3) is 0 Å². The average molecular weight is 343 g/mol. The summed E-state index contributed by atoms with van der Waals surface area (Å²) in [7, 11) is 0. The molecule has 1 aliphatic rings. The summed E-state index contributed by atoms with van der Waals surface area (Å²) in [5.74, 6) is -1.26. The summed E-state index contributed by atoms with van der Waals surface area (Å²) < 4.78 is 33.5. The van der Waals surface area contributed by atoms with Crippen LogP contribution < -0.4 is 10.1 Å². The van der Waals surface area contributed by atoms with Crippen molar-refractivity contribution in [2.75, 3.05) is 19.8 Å². The van der Waals surface area contributed by atoms with E-state index < -0.39 is 18.0 Å². The Labute approximate surface area is 137 Å². The number of halogens is 2. The molecule has 1 amide bonds. The predicted molar refractivity (Wildman–Crippen MR) is 79.9 cm³/mol. The highest BCUT2D eigenvalue weighted by Gasteiger charge is 2.40. The topological polar surface area (TPSA) is 84.9 Å². The van der Waals surface area contributed by atoms with Crippen LogP contribution in [0.5, 0.6) is 5.75 Å². The van der Waals surface area contributed by atoms with E-state index in [9.17, 15) is 23.5 Å². The van der Waals surface area contributed by atoms with E-state index in [1.165, 1.54) is 24.3 Å². The van der Waals surface area contributed by atoms with Crippen molar-refractivity contribution in [3.05, 3.63) is 29.8 Å². The summed E-state index contributed by atoms with van der Waals surface area (Å²) >= 11 is 0. The molecule has 132 valence electrons. The molecule has 2 rings (SSSR count). The fourth-order valence-corrected chi connectivity index (χ4v) is 2.53. The molecule has 2 N–H and O–H groups in total. The van der Waals surface area contributed by atoms with Gasteiger partial charge in [-0.1, -0.05) is 12.1 Å². The molecular weight excluding hydrogens is 324 g/mol. The molecule has 0 bridgehead atoms. The number of hydrogen-bond donors (Lipinski definition) is 2. The van der Waals surface area contributed by atoms with Crippen LogP contribution in [0.2, 0.25) is 0 Å². The summed E-state index contributed by atoms with van der Waals surface area (Å²) in [5.41, 5.74) is -0.381. The molecule has 0 radical (unpaired) electrons. The second kappa shape index (κ2) is 8.05. The zero-order valence-corrected chi connectivity index (χ0v) is 13.0. The van der Waals surface area contributed by atoms with E-state index in [0.717, 1.165) is 0 Å². The summed E-state index contributed by atoms with van der Waals surface area (Å²) in [6, 6.07) is 5.73. The van der Waals surface area contributed by atoms with Gasteiger partial charge in [0.25, 0.3) is 0 Å². The van der Waals surface area contributed by atoms with Gasteiger partial charge in [0.15, 0.2) is 0 Å². The Bertz CT molecular complexity index is 570. The van der Waals surface area contributed by atoms with Crippen molar-refractivity contribution >= 4 is 11.9 Å². The molecule has 1 aliphatic heterocycles. The van der Waals surface area contributed by atoms with Gasteiger partial charge in [0.2, 0.25) is 5.91 Å². The second-order valence-electron chi connectivity index (χ2n) is 5.67. The molecular formula is C16H19F2NO5. The molecule has 0 saturated carbocycles. The molecule has 8 heteroatoms. The molecule has 0 aliphatic carbocycles. The van der Waals surface area contributed by atoms with Gasteiger partial charge in [-0.25, -0.2) is 0 Å². The van der Waals surface area contributed by atoms with Crippen molar-refractivity contribution < 1.29 is 33.0 Å². The van der Waals surface area contributed by atoms with E-state index in [2.05, 4.69) is 10.1 Å². The van der Waals surface area contributed by atoms with Crippen molar-refractivity contribution in [3.63, 3.8) is 0 Å². The number of aliphatic carboxylic acids is 1. The molecule has 24 heavy (non-hydrogen) atoms. The first kappa shape index (κ1) is 18.1. The van der Waals surface area contributed by atoms with Gasteiger partial charge in [-0.2, -0.15) is 8.78 Å². The van der Waals surface area contributed by atoms with Crippen LogP contribution in [-0.2, 0) is 20.7 Å². The van der Waals surface area contributed by atoms with E-state index in [0.29, 0.717) is 31.6 Å². The lowest BCUT2D eigenvalue weighted by Gasteiger charge is -2.33. The molecule has 1 saturated heterocycles. The van der Waals surface area contributed by atoms with Gasteiger partial charge in [0.05, 0.1) is 11.8 Å². The van der Waals surface area contributed by atoms with E-state index in [-0.39, 0.29) is 24.6 Å². The van der Waals surface area contributed by atoms with Crippen LogP contribution in [0.1, 0.15) is 18.4 Å². The SMILES string of the molecule is O=C(Cc1ccc(OC(F)F)cc1)NCC1(C(=O)O)CCOCC1. The summed E-state index contributed by atoms with van der Waals surface area (Å²) in [5, 5.41) is 12.1. The number of alkyl halides is 2. The van der Waals surface area contributed by atoms with Crippen molar-refractivity contribution in [1.29, 1.82) is 0 Å². The molecule has 0 unspecified atom stereocenters. The van der Waals surface area contributed by atoms with Crippen LogP contribution in [0.3, 0.4) is 0 Å². The largest absolute Gasteiger partial charge is 0.481 e. The van der Waals surface area contributed by atoms with E-state index in [1.54, 1.807) is 0 Å². The number of benzene rings is 1. The summed E-state index contributed by atoms with van der Waals surface area (Å²) in [4.78, 5) is 23.5. The number of amides is 1. The lowest BCUT2D eigenvalue weighted by atomic mass is 9.80. The van der Waals surface area contributed by atoms with Crippen molar-refractivity contribution in [3.8, 4) is 5.75 Å². The highest BCUT2D eigenvalue weighted by Crippen LogP contribution is 2.30. The lowest BCUT2D eigenvalue weighted by Crippen LogP contribution is -2.46. The maximum atomic E-state index is 12.1. The molecule has 1 fully saturated rings. The Kier molecular flexibility index (Phi) is 6.08. The number of nitrogens with one attached hydrogen (secondary N) is 1. The molecule has 0 atom stereocenters. The number of carboxylic acids is 1. The molecule has 6 nitrogen and oxygen atoms in total. The molecule has 1 heterocycles. The minimum absolute atomic E-state index is 0.0150. The number of hydrogen-bond acceptors (Lipinski definition) is 4. The van der Waals surface area contributed by atoms with Crippen molar-refractivity contribution in [1.82, 2.24) is 5.32 Å². The smallest absolute Gasteiger partial charge is 0.387 e. The summed E-state index contributed by atoms with van der Waals surface area (Å²) in [6.45, 7) is -2.15. The number of carbonyl (C=O) groups is 2. The normalized spacial score (nSPS) is 16.6. The molecule has 0 aromatic heterocycles. The Hall–Kier alpha value is -2.22. The third-order valence-corrected chi connectivity index (χ3v) is 4.04. The van der Waals surface area contributed by atoms with Gasteiger partial charge in [0, 0.05) is 19.8 Å². The van der Waals surface area contributed by atoms with E-state index in [1.807, 2.05) is 0 Å². The van der Waals surface area contributed by atoms with Crippen LogP contribution in [-0.4, -0.2) is 43.4 Å². The van der Waals surface area contributed by atoms with Gasteiger partial charge in [-0.3, -0.25) is 9.59 Å². The highest BCUT2D eigenvalue weighted by molar-refractivity contribution is 5.80. The number of carboxylic acid groups (broad SMARTS) is 1. The third-order valence-electron chi connectivity index (χ3n) is 4.04. The Balaban J connectivity index is 1.87. The quantitative estimate of drug-likeness (QED) is 0.789. The Morgan fingerprint density at radius 2 is 1.88 bits per heavy atom. The fraction of sp³-hybridized carbons (Fsp3) is 0.500. The maximum Gasteiger partial charge on any atom is 0.387 e. The Morgan fingerprint density at radius 3 is 2.42 bits per heavy atom. The van der Waals surface area contributed by atoms with Gasteiger partial charge in [0.1, 0.15) is 5.75 Å². The first-order chi connectivity index (χ1) is 11.4. The zero-order chi connectivity index (χ0) is 17.6. The monoisotopic (exact) mass is 343 g/mol. The molecule has 0 spiro atoms. The van der Waals surface area contributed by atoms with E-state index >= 15 is 0 Å².